The highest BCUT2D eigenvalue weighted by atomic mass is 35.5. The quantitative estimate of drug-likeness (QED) is 0.634. The van der Waals surface area contributed by atoms with Crippen molar-refractivity contribution in [2.24, 2.45) is 0 Å². The first-order valence-electron chi connectivity index (χ1n) is 7.22. The number of methoxy groups -OCH3 is 1. The number of hydrogen-bond donors (Lipinski definition) is 0. The van der Waals surface area contributed by atoms with Gasteiger partial charge in [-0.3, -0.25) is 4.79 Å². The number of benzene rings is 2. The monoisotopic (exact) mass is 330 g/mol. The topological polar surface area (TPSA) is 52.6 Å². The Hall–Kier alpha value is -2.33. The van der Waals surface area contributed by atoms with Crippen molar-refractivity contribution in [3.05, 3.63) is 64.7 Å². The molecule has 0 amide bonds. The van der Waals surface area contributed by atoms with Crippen LogP contribution in [-0.2, 0) is 9.53 Å². The van der Waals surface area contributed by atoms with Gasteiger partial charge < -0.3 is 9.47 Å². The number of hydrogen-bond acceptors (Lipinski definition) is 4. The molecular formula is C18H15ClO4. The van der Waals surface area contributed by atoms with E-state index in [1.807, 2.05) is 18.2 Å². The Morgan fingerprint density at radius 2 is 1.83 bits per heavy atom. The van der Waals surface area contributed by atoms with Crippen LogP contribution >= 0.6 is 11.6 Å². The second kappa shape index (κ2) is 6.42. The Balaban J connectivity index is 1.87. The molecule has 3 rings (SSSR count). The summed E-state index contributed by atoms with van der Waals surface area (Å²) in [6, 6.07) is 14.1. The second-order valence-corrected chi connectivity index (χ2v) is 5.78. The lowest BCUT2D eigenvalue weighted by molar-refractivity contribution is -0.148. The van der Waals surface area contributed by atoms with E-state index < -0.39 is 12.1 Å². The Bertz CT molecular complexity index is 739. The summed E-state index contributed by atoms with van der Waals surface area (Å²) in [5, 5.41) is 0.573. The number of rotatable bonds is 4. The van der Waals surface area contributed by atoms with Gasteiger partial charge in [0.05, 0.1) is 7.11 Å². The molecule has 4 nitrogen and oxygen atoms in total. The molecule has 0 saturated heterocycles. The van der Waals surface area contributed by atoms with Gasteiger partial charge in [-0.1, -0.05) is 29.8 Å². The van der Waals surface area contributed by atoms with Gasteiger partial charge >= 0.3 is 5.97 Å². The van der Waals surface area contributed by atoms with Gasteiger partial charge in [0, 0.05) is 28.5 Å². The summed E-state index contributed by atoms with van der Waals surface area (Å²) >= 11 is 5.84. The molecule has 0 fully saturated rings. The van der Waals surface area contributed by atoms with E-state index in [0.29, 0.717) is 16.3 Å². The van der Waals surface area contributed by atoms with Crippen LogP contribution in [0.5, 0.6) is 5.75 Å². The van der Waals surface area contributed by atoms with Crippen molar-refractivity contribution in [1.82, 2.24) is 0 Å². The van der Waals surface area contributed by atoms with E-state index >= 15 is 0 Å². The smallest absolute Gasteiger partial charge is 0.347 e. The van der Waals surface area contributed by atoms with Crippen LogP contribution in [0.15, 0.2) is 48.5 Å². The zero-order valence-corrected chi connectivity index (χ0v) is 13.2. The molecule has 23 heavy (non-hydrogen) atoms. The largest absolute Gasteiger partial charge is 0.478 e. The fraction of sp³-hybridized carbons (Fsp3) is 0.222. The Morgan fingerprint density at radius 3 is 2.52 bits per heavy atom. The third-order valence-corrected chi connectivity index (χ3v) is 4.19. The van der Waals surface area contributed by atoms with Gasteiger partial charge in [0.25, 0.3) is 0 Å². The average molecular weight is 331 g/mol. The Kier molecular flexibility index (Phi) is 4.35. The van der Waals surface area contributed by atoms with E-state index in [1.54, 1.807) is 30.3 Å². The zero-order valence-electron chi connectivity index (χ0n) is 12.5. The molecule has 1 heterocycles. The summed E-state index contributed by atoms with van der Waals surface area (Å²) in [6.45, 7) is 0. The fourth-order valence-electron chi connectivity index (χ4n) is 2.78. The number of ether oxygens (including phenoxy) is 2. The van der Waals surface area contributed by atoms with E-state index in [9.17, 15) is 9.59 Å². The highest BCUT2D eigenvalue weighted by Gasteiger charge is 2.41. The molecule has 0 radical (unpaired) electrons. The van der Waals surface area contributed by atoms with E-state index in [1.165, 1.54) is 7.11 Å². The van der Waals surface area contributed by atoms with Gasteiger partial charge in [-0.05, 0) is 30.3 Å². The van der Waals surface area contributed by atoms with Gasteiger partial charge in [0.2, 0.25) is 6.10 Å². The van der Waals surface area contributed by atoms with Crippen molar-refractivity contribution in [2.45, 2.75) is 18.4 Å². The second-order valence-electron chi connectivity index (χ2n) is 5.34. The van der Waals surface area contributed by atoms with Crippen LogP contribution in [0.2, 0.25) is 5.02 Å². The van der Waals surface area contributed by atoms with Crippen LogP contribution in [0.3, 0.4) is 0 Å². The molecule has 1 aliphatic rings. The number of fused-ring (bicyclic) bond motifs is 1. The third kappa shape index (κ3) is 3.08. The Morgan fingerprint density at radius 1 is 1.13 bits per heavy atom. The number of halogens is 1. The van der Waals surface area contributed by atoms with Crippen molar-refractivity contribution in [1.29, 1.82) is 0 Å². The maximum absolute atomic E-state index is 12.5. The normalized spacial score (nSPS) is 18.9. The molecule has 0 N–H and O–H groups in total. The van der Waals surface area contributed by atoms with Crippen molar-refractivity contribution in [2.75, 3.05) is 7.11 Å². The minimum Gasteiger partial charge on any atom is -0.478 e. The van der Waals surface area contributed by atoms with Gasteiger partial charge in [0.1, 0.15) is 5.75 Å². The summed E-state index contributed by atoms with van der Waals surface area (Å²) in [5.74, 6) is -0.283. The first-order valence-corrected chi connectivity index (χ1v) is 7.60. The molecule has 0 aromatic heterocycles. The van der Waals surface area contributed by atoms with Crippen molar-refractivity contribution in [3.63, 3.8) is 0 Å². The number of ketones is 1. The van der Waals surface area contributed by atoms with Crippen LogP contribution < -0.4 is 4.74 Å². The third-order valence-electron chi connectivity index (χ3n) is 3.94. The lowest BCUT2D eigenvalue weighted by atomic mass is 9.88. The van der Waals surface area contributed by atoms with Crippen LogP contribution in [0.25, 0.3) is 0 Å². The molecule has 5 heteroatoms. The number of carbonyl (C=O) groups is 2. The highest BCUT2D eigenvalue weighted by molar-refractivity contribution is 6.30. The van der Waals surface area contributed by atoms with Crippen LogP contribution in [0.4, 0.5) is 0 Å². The standard InChI is InChI=1S/C18H15ClO4/c1-22-18(21)17-14(13-4-2-3-5-16(13)23-17)10-15(20)11-6-8-12(19)9-7-11/h2-9,14,17H,10H2,1H3/t14-,17+/m0/s1. The van der Waals surface area contributed by atoms with E-state index in [4.69, 9.17) is 21.1 Å². The van der Waals surface area contributed by atoms with Gasteiger partial charge in [-0.15, -0.1) is 0 Å². The number of para-hydroxylation sites is 1. The average Bonchev–Trinajstić information content (AvgIpc) is 2.93. The molecule has 2 atom stereocenters. The lowest BCUT2D eigenvalue weighted by Gasteiger charge is -2.16. The van der Waals surface area contributed by atoms with Gasteiger partial charge in [-0.25, -0.2) is 4.79 Å². The van der Waals surface area contributed by atoms with E-state index in [2.05, 4.69) is 0 Å². The molecule has 2 aromatic rings. The molecule has 2 aromatic carbocycles. The number of Topliss-reactive ketones (excluding diaryl/α,β-unsaturated/α-hetero) is 1. The molecule has 0 bridgehead atoms. The van der Waals surface area contributed by atoms with E-state index in [0.717, 1.165) is 5.56 Å². The van der Waals surface area contributed by atoms with Crippen molar-refractivity contribution >= 4 is 23.4 Å². The summed E-state index contributed by atoms with van der Waals surface area (Å²) in [6.07, 6.45) is -0.632. The molecule has 0 spiro atoms. The fourth-order valence-corrected chi connectivity index (χ4v) is 2.90. The molecule has 1 aliphatic heterocycles. The Labute approximate surface area is 139 Å². The predicted molar refractivity (Wildman–Crippen MR) is 86.0 cm³/mol. The zero-order chi connectivity index (χ0) is 16.4. The van der Waals surface area contributed by atoms with Crippen LogP contribution in [-0.4, -0.2) is 25.0 Å². The van der Waals surface area contributed by atoms with E-state index in [-0.39, 0.29) is 18.1 Å². The van der Waals surface area contributed by atoms with Crippen molar-refractivity contribution < 1.29 is 19.1 Å². The molecule has 0 unspecified atom stereocenters. The molecule has 118 valence electrons. The summed E-state index contributed by atoms with van der Waals surface area (Å²) in [5.41, 5.74) is 1.41. The number of carbonyl (C=O) groups excluding carboxylic acids is 2. The minimum atomic E-state index is -0.798. The summed E-state index contributed by atoms with van der Waals surface area (Å²) in [4.78, 5) is 24.5. The van der Waals surface area contributed by atoms with Gasteiger partial charge in [0.15, 0.2) is 5.78 Å². The first kappa shape index (κ1) is 15.6. The SMILES string of the molecule is COC(=O)[C@@H]1Oc2ccccc2[C@@H]1CC(=O)c1ccc(Cl)cc1. The highest BCUT2D eigenvalue weighted by Crippen LogP contribution is 2.41. The first-order chi connectivity index (χ1) is 11.1. The van der Waals surface area contributed by atoms with Gasteiger partial charge in [-0.2, -0.15) is 0 Å². The minimum absolute atomic E-state index is 0.0686. The lowest BCUT2D eigenvalue weighted by Crippen LogP contribution is -2.31. The summed E-state index contributed by atoms with van der Waals surface area (Å²) in [7, 11) is 1.31. The molecule has 0 aliphatic carbocycles. The number of esters is 1. The van der Waals surface area contributed by atoms with Crippen LogP contribution in [0, 0.1) is 0 Å². The maximum Gasteiger partial charge on any atom is 0.347 e. The van der Waals surface area contributed by atoms with Crippen molar-refractivity contribution in [3.8, 4) is 5.75 Å². The molecule has 0 saturated carbocycles. The maximum atomic E-state index is 12.5. The molecular weight excluding hydrogens is 316 g/mol. The summed E-state index contributed by atoms with van der Waals surface area (Å²) < 4.78 is 10.5. The predicted octanol–water partition coefficient (Wildman–Crippen LogP) is 3.63. The van der Waals surface area contributed by atoms with Crippen LogP contribution in [0.1, 0.15) is 28.3 Å².